The van der Waals surface area contributed by atoms with Crippen LogP contribution >= 0.6 is 0 Å². The van der Waals surface area contributed by atoms with Gasteiger partial charge in [0.2, 0.25) is 0 Å². The highest BCUT2D eigenvalue weighted by molar-refractivity contribution is 6.23. The van der Waals surface area contributed by atoms with Gasteiger partial charge in [0, 0.05) is 34.1 Å². The number of hydrogen-bond acceptors (Lipinski definition) is 2. The van der Waals surface area contributed by atoms with Gasteiger partial charge in [0.1, 0.15) is 0 Å². The fraction of sp³-hybridized carbons (Fsp3) is 0.0227. The van der Waals surface area contributed by atoms with Gasteiger partial charge in [0.25, 0.3) is 0 Å². The number of fused-ring (bicyclic) bond motifs is 4. The molecule has 0 heterocycles. The van der Waals surface area contributed by atoms with Gasteiger partial charge < -0.3 is 9.80 Å². The number of rotatable bonds is 13. The minimum atomic E-state index is 1.06. The standard InChI is InChI=1S/C88H62N2/c1-6-18-61(19-7-1)67-36-44-77(45-37-67)89(78-46-38-68(39-47-78)62-20-8-2-9-21-62)81-53-55-84-85(59-81)87(75-34-30-66-28-16-17-29-71(66)57-75)83-54-52-82(60-86(83)88(84)76-35-33-73-56-72(31-32-74(73)58-76)65-26-14-5-15-27-65)90(79-48-40-69(41-49-79)63-22-10-3-11-23-63)80-50-42-70(43-51-80)64-24-12-4-13-25-64/h1,3-8,10-60H,2,9H2. The monoisotopic (exact) mass is 1150 g/mol. The van der Waals surface area contributed by atoms with Crippen molar-refractivity contribution in [3.63, 3.8) is 0 Å². The van der Waals surface area contributed by atoms with Crippen molar-refractivity contribution in [3.05, 3.63) is 357 Å². The Labute approximate surface area is 526 Å². The lowest BCUT2D eigenvalue weighted by Gasteiger charge is -2.28. The van der Waals surface area contributed by atoms with Gasteiger partial charge in [-0.15, -0.1) is 0 Å². The van der Waals surface area contributed by atoms with E-state index in [1.54, 1.807) is 0 Å². The molecule has 0 aromatic heterocycles. The van der Waals surface area contributed by atoms with Crippen molar-refractivity contribution in [1.82, 2.24) is 0 Å². The largest absolute Gasteiger partial charge is 0.310 e. The van der Waals surface area contributed by atoms with Crippen LogP contribution in [0.5, 0.6) is 0 Å². The van der Waals surface area contributed by atoms with Gasteiger partial charge in [-0.1, -0.05) is 261 Å². The van der Waals surface area contributed by atoms with Gasteiger partial charge in [-0.25, -0.2) is 0 Å². The third-order valence-electron chi connectivity index (χ3n) is 18.0. The van der Waals surface area contributed by atoms with Crippen LogP contribution in [0.4, 0.5) is 34.1 Å². The van der Waals surface area contributed by atoms with E-state index in [1.807, 2.05) is 0 Å². The normalized spacial score (nSPS) is 12.2. The van der Waals surface area contributed by atoms with Crippen LogP contribution in [0.3, 0.4) is 0 Å². The smallest absolute Gasteiger partial charge is 0.0468 e. The molecule has 0 aliphatic heterocycles. The summed E-state index contributed by atoms with van der Waals surface area (Å²) in [5, 5.41) is 9.47. The molecule has 0 saturated carbocycles. The van der Waals surface area contributed by atoms with E-state index in [1.165, 1.54) is 104 Å². The van der Waals surface area contributed by atoms with Crippen molar-refractivity contribution in [1.29, 1.82) is 0 Å². The highest BCUT2D eigenvalue weighted by Gasteiger charge is 2.24. The maximum Gasteiger partial charge on any atom is 0.0468 e. The summed E-state index contributed by atoms with van der Waals surface area (Å²) in [6, 6.07) is 123. The third kappa shape index (κ3) is 10.4. The molecule has 15 aromatic rings. The van der Waals surface area contributed by atoms with Gasteiger partial charge in [0.05, 0.1) is 0 Å². The Morgan fingerprint density at radius 2 is 0.511 bits per heavy atom. The molecule has 0 fully saturated rings. The SMILES string of the molecule is C1=CC(c2ccc(N(c3ccc(-c4ccccc4)cc3)c3ccc4c(-c5ccc6cc(-c7ccccc7)ccc6c5)c5cc(N(c6ccc(-c7ccccc7)cc6)c6ccc(-c7ccccc7)cc6)ccc5c(-c5ccc6ccccc6c5)c4c3)cc2)=CCC1. The molecule has 16 rings (SSSR count). The van der Waals surface area contributed by atoms with Gasteiger partial charge >= 0.3 is 0 Å². The van der Waals surface area contributed by atoms with Crippen molar-refractivity contribution < 1.29 is 0 Å². The number of anilines is 6. The fourth-order valence-corrected chi connectivity index (χ4v) is 13.5. The predicted molar refractivity (Wildman–Crippen MR) is 385 cm³/mol. The molecule has 0 unspecified atom stereocenters. The van der Waals surface area contributed by atoms with E-state index in [2.05, 4.69) is 362 Å². The first-order chi connectivity index (χ1) is 44.6. The van der Waals surface area contributed by atoms with E-state index in [-0.39, 0.29) is 0 Å². The zero-order valence-electron chi connectivity index (χ0n) is 49.8. The van der Waals surface area contributed by atoms with Crippen LogP contribution in [0.25, 0.3) is 115 Å². The lowest BCUT2D eigenvalue weighted by molar-refractivity contribution is 1.04. The number of benzene rings is 15. The maximum atomic E-state index is 2.46. The summed E-state index contributed by atoms with van der Waals surface area (Å²) in [6.45, 7) is 0. The second-order valence-electron chi connectivity index (χ2n) is 23.5. The highest BCUT2D eigenvalue weighted by Crippen LogP contribution is 2.50. The topological polar surface area (TPSA) is 6.48 Å². The molecule has 2 heteroatoms. The molecule has 0 saturated heterocycles. The number of allylic oxidation sites excluding steroid dienone is 4. The Bertz CT molecular complexity index is 5090. The quantitative estimate of drug-likeness (QED) is 0.106. The Morgan fingerprint density at radius 3 is 0.922 bits per heavy atom. The number of nitrogens with zero attached hydrogens (tertiary/aromatic N) is 2. The lowest BCUT2D eigenvalue weighted by Crippen LogP contribution is -2.10. The molecule has 90 heavy (non-hydrogen) atoms. The average molecular weight is 1150 g/mol. The molecule has 0 amide bonds. The van der Waals surface area contributed by atoms with Crippen LogP contribution in [0.15, 0.2) is 352 Å². The van der Waals surface area contributed by atoms with Crippen LogP contribution in [0.2, 0.25) is 0 Å². The van der Waals surface area contributed by atoms with Crippen molar-refractivity contribution in [2.45, 2.75) is 12.8 Å². The van der Waals surface area contributed by atoms with E-state index in [0.29, 0.717) is 0 Å². The summed E-state index contributed by atoms with van der Waals surface area (Å²) < 4.78 is 0. The van der Waals surface area contributed by atoms with Crippen LogP contribution in [-0.2, 0) is 0 Å². The van der Waals surface area contributed by atoms with Crippen molar-refractivity contribution in [2.75, 3.05) is 9.80 Å². The van der Waals surface area contributed by atoms with Gasteiger partial charge in [-0.3, -0.25) is 0 Å². The second kappa shape index (κ2) is 23.6. The zero-order chi connectivity index (χ0) is 59.7. The summed E-state index contributed by atoms with van der Waals surface area (Å²) in [7, 11) is 0. The van der Waals surface area contributed by atoms with Crippen molar-refractivity contribution in [2.24, 2.45) is 0 Å². The molecule has 1 aliphatic carbocycles. The second-order valence-corrected chi connectivity index (χ2v) is 23.5. The van der Waals surface area contributed by atoms with Crippen LogP contribution < -0.4 is 9.80 Å². The van der Waals surface area contributed by atoms with E-state index in [9.17, 15) is 0 Å². The molecular formula is C88H62N2. The molecule has 2 nitrogen and oxygen atoms in total. The molecular weight excluding hydrogens is 1080 g/mol. The molecule has 0 radical (unpaired) electrons. The molecule has 424 valence electrons. The Morgan fingerprint density at radius 1 is 0.200 bits per heavy atom. The van der Waals surface area contributed by atoms with Crippen molar-refractivity contribution >= 4 is 82.8 Å². The van der Waals surface area contributed by atoms with Crippen molar-refractivity contribution in [3.8, 4) is 66.8 Å². The fourth-order valence-electron chi connectivity index (χ4n) is 13.5. The summed E-state index contributed by atoms with van der Waals surface area (Å²) in [5.41, 5.74) is 23.1. The van der Waals surface area contributed by atoms with Crippen LogP contribution in [0, 0.1) is 0 Å². The van der Waals surface area contributed by atoms with E-state index in [0.717, 1.165) is 63.5 Å². The summed E-state index contributed by atoms with van der Waals surface area (Å²) >= 11 is 0. The molecule has 0 spiro atoms. The van der Waals surface area contributed by atoms with E-state index >= 15 is 0 Å². The molecule has 0 bridgehead atoms. The third-order valence-corrected chi connectivity index (χ3v) is 18.0. The zero-order valence-corrected chi connectivity index (χ0v) is 49.8. The Kier molecular flexibility index (Phi) is 14.1. The van der Waals surface area contributed by atoms with Gasteiger partial charge in [0.15, 0.2) is 0 Å². The van der Waals surface area contributed by atoms with Crippen LogP contribution in [-0.4, -0.2) is 0 Å². The highest BCUT2D eigenvalue weighted by atomic mass is 15.1. The van der Waals surface area contributed by atoms with Gasteiger partial charge in [-0.05, 0) is 225 Å². The summed E-state index contributed by atoms with van der Waals surface area (Å²) in [5.74, 6) is 0. The molecule has 0 atom stereocenters. The Balaban J connectivity index is 0.949. The minimum Gasteiger partial charge on any atom is -0.310 e. The molecule has 15 aromatic carbocycles. The first-order valence-corrected chi connectivity index (χ1v) is 31.3. The average Bonchev–Trinajstić information content (AvgIpc) is 3.87. The first kappa shape index (κ1) is 53.9. The maximum absolute atomic E-state index is 2.46. The van der Waals surface area contributed by atoms with E-state index in [4.69, 9.17) is 0 Å². The molecule has 1 aliphatic rings. The molecule has 0 N–H and O–H groups in total. The lowest BCUT2D eigenvalue weighted by atomic mass is 9.84. The minimum absolute atomic E-state index is 1.06. The Hall–Kier alpha value is -11.6. The predicted octanol–water partition coefficient (Wildman–Crippen LogP) is 25.0. The summed E-state index contributed by atoms with van der Waals surface area (Å²) in [6.07, 6.45) is 9.05. The summed E-state index contributed by atoms with van der Waals surface area (Å²) in [4.78, 5) is 4.86. The first-order valence-electron chi connectivity index (χ1n) is 31.3. The van der Waals surface area contributed by atoms with Crippen LogP contribution in [0.1, 0.15) is 18.4 Å². The van der Waals surface area contributed by atoms with Gasteiger partial charge in [-0.2, -0.15) is 0 Å². The van der Waals surface area contributed by atoms with E-state index < -0.39 is 0 Å². The number of hydrogen-bond donors (Lipinski definition) is 0.